The first-order valence-corrected chi connectivity index (χ1v) is 8.44. The van der Waals surface area contributed by atoms with Crippen molar-refractivity contribution in [3.8, 4) is 0 Å². The summed E-state index contributed by atoms with van der Waals surface area (Å²) in [6.45, 7) is 3.30. The number of hydrogen-bond donors (Lipinski definition) is 1. The van der Waals surface area contributed by atoms with E-state index in [4.69, 9.17) is 5.73 Å². The minimum atomic E-state index is -0.155. The average Bonchev–Trinajstić information content (AvgIpc) is 2.48. The van der Waals surface area contributed by atoms with Gasteiger partial charge in [0.2, 0.25) is 0 Å². The minimum Gasteiger partial charge on any atom is -0.327 e. The molecule has 0 spiro atoms. The van der Waals surface area contributed by atoms with Crippen LogP contribution in [-0.4, -0.2) is 30.6 Å². The van der Waals surface area contributed by atoms with Crippen molar-refractivity contribution in [3.63, 3.8) is 0 Å². The Labute approximate surface area is 127 Å². The maximum atomic E-state index is 13.1. The van der Waals surface area contributed by atoms with Crippen molar-refractivity contribution < 1.29 is 4.39 Å². The van der Waals surface area contributed by atoms with Gasteiger partial charge in [0.15, 0.2) is 0 Å². The second kappa shape index (κ2) is 6.89. The summed E-state index contributed by atoms with van der Waals surface area (Å²) in [6, 6.07) is 7.24. The second-order valence-corrected chi connectivity index (χ2v) is 6.97. The lowest BCUT2D eigenvalue weighted by atomic mass is 9.85. The normalized spacial score (nSPS) is 28.7. The fourth-order valence-electron chi connectivity index (χ4n) is 4.09. The molecule has 2 unspecified atom stereocenters. The first kappa shape index (κ1) is 15.0. The highest BCUT2D eigenvalue weighted by atomic mass is 19.1. The third-order valence-electron chi connectivity index (χ3n) is 5.14. The number of hydrogen-bond acceptors (Lipinski definition) is 2. The van der Waals surface area contributed by atoms with E-state index in [0.717, 1.165) is 25.4 Å². The fourth-order valence-corrected chi connectivity index (χ4v) is 4.09. The summed E-state index contributed by atoms with van der Waals surface area (Å²) in [5.41, 5.74) is 7.51. The van der Waals surface area contributed by atoms with Crippen LogP contribution < -0.4 is 5.73 Å². The molecule has 1 saturated heterocycles. The monoisotopic (exact) mass is 290 g/mol. The molecule has 1 aromatic rings. The van der Waals surface area contributed by atoms with Gasteiger partial charge in [0.25, 0.3) is 0 Å². The molecule has 0 radical (unpaired) electrons. The molecule has 2 fully saturated rings. The number of benzene rings is 1. The summed E-state index contributed by atoms with van der Waals surface area (Å²) in [7, 11) is 0. The summed E-state index contributed by atoms with van der Waals surface area (Å²) in [6.07, 6.45) is 7.98. The van der Waals surface area contributed by atoms with E-state index in [-0.39, 0.29) is 11.9 Å². The van der Waals surface area contributed by atoms with E-state index in [1.54, 1.807) is 12.1 Å². The predicted octanol–water partition coefficient (Wildman–Crippen LogP) is 3.52. The first-order chi connectivity index (χ1) is 10.2. The summed E-state index contributed by atoms with van der Waals surface area (Å²) >= 11 is 0. The van der Waals surface area contributed by atoms with Crippen LogP contribution in [0.25, 0.3) is 0 Å². The van der Waals surface area contributed by atoms with Crippen molar-refractivity contribution in [3.05, 3.63) is 35.6 Å². The Balaban J connectivity index is 1.62. The van der Waals surface area contributed by atoms with Crippen LogP contribution in [0.1, 0.15) is 50.0 Å². The van der Waals surface area contributed by atoms with E-state index in [1.165, 1.54) is 44.2 Å². The fraction of sp³-hybridized carbons (Fsp3) is 0.667. The van der Waals surface area contributed by atoms with Gasteiger partial charge in [-0.05, 0) is 48.8 Å². The van der Waals surface area contributed by atoms with Crippen molar-refractivity contribution in [2.75, 3.05) is 19.6 Å². The van der Waals surface area contributed by atoms with Gasteiger partial charge >= 0.3 is 0 Å². The SMILES string of the molecule is NC1CC(c2ccc(F)cc2)CN(CC2CCCCC2)C1. The molecule has 1 saturated carbocycles. The zero-order chi connectivity index (χ0) is 14.7. The molecular weight excluding hydrogens is 263 g/mol. The smallest absolute Gasteiger partial charge is 0.123 e. The number of halogens is 1. The maximum Gasteiger partial charge on any atom is 0.123 e. The van der Waals surface area contributed by atoms with E-state index in [1.807, 2.05) is 12.1 Å². The zero-order valence-corrected chi connectivity index (χ0v) is 12.8. The van der Waals surface area contributed by atoms with Crippen LogP contribution >= 0.6 is 0 Å². The third kappa shape index (κ3) is 4.04. The largest absolute Gasteiger partial charge is 0.327 e. The quantitative estimate of drug-likeness (QED) is 0.923. The number of nitrogens with zero attached hydrogens (tertiary/aromatic N) is 1. The molecule has 0 amide bonds. The number of rotatable bonds is 3. The third-order valence-corrected chi connectivity index (χ3v) is 5.14. The van der Waals surface area contributed by atoms with Gasteiger partial charge in [0.1, 0.15) is 5.82 Å². The van der Waals surface area contributed by atoms with Crippen LogP contribution in [0.15, 0.2) is 24.3 Å². The van der Waals surface area contributed by atoms with E-state index < -0.39 is 0 Å². The van der Waals surface area contributed by atoms with Gasteiger partial charge in [-0.2, -0.15) is 0 Å². The molecule has 1 aromatic carbocycles. The summed E-state index contributed by atoms with van der Waals surface area (Å²) in [4.78, 5) is 2.55. The lowest BCUT2D eigenvalue weighted by Gasteiger charge is -2.39. The summed E-state index contributed by atoms with van der Waals surface area (Å²) in [5, 5.41) is 0. The van der Waals surface area contributed by atoms with Gasteiger partial charge in [-0.25, -0.2) is 4.39 Å². The van der Waals surface area contributed by atoms with Crippen LogP contribution in [0.5, 0.6) is 0 Å². The Morgan fingerprint density at radius 1 is 1.05 bits per heavy atom. The molecule has 2 atom stereocenters. The summed E-state index contributed by atoms with van der Waals surface area (Å²) in [5.74, 6) is 1.16. The van der Waals surface area contributed by atoms with Gasteiger partial charge in [-0.3, -0.25) is 0 Å². The molecule has 0 bridgehead atoms. The van der Waals surface area contributed by atoms with Crippen molar-refractivity contribution in [2.24, 2.45) is 11.7 Å². The van der Waals surface area contributed by atoms with Gasteiger partial charge in [0, 0.05) is 25.7 Å². The predicted molar refractivity (Wildman–Crippen MR) is 84.7 cm³/mol. The Bertz CT molecular complexity index is 439. The van der Waals surface area contributed by atoms with Crippen molar-refractivity contribution in [1.29, 1.82) is 0 Å². The molecule has 2 nitrogen and oxygen atoms in total. The first-order valence-electron chi connectivity index (χ1n) is 8.44. The van der Waals surface area contributed by atoms with Gasteiger partial charge in [0.05, 0.1) is 0 Å². The molecule has 3 rings (SSSR count). The topological polar surface area (TPSA) is 29.3 Å². The van der Waals surface area contributed by atoms with E-state index in [0.29, 0.717) is 5.92 Å². The minimum absolute atomic E-state index is 0.155. The van der Waals surface area contributed by atoms with Crippen LogP contribution in [0.3, 0.4) is 0 Å². The molecule has 1 aliphatic heterocycles. The van der Waals surface area contributed by atoms with Crippen LogP contribution in [0, 0.1) is 11.7 Å². The molecule has 1 aliphatic carbocycles. The van der Waals surface area contributed by atoms with Crippen molar-refractivity contribution in [2.45, 2.75) is 50.5 Å². The molecule has 1 heterocycles. The maximum absolute atomic E-state index is 13.1. The number of nitrogens with two attached hydrogens (primary N) is 1. The Hall–Kier alpha value is -0.930. The second-order valence-electron chi connectivity index (χ2n) is 6.97. The molecular formula is C18H27FN2. The number of likely N-dealkylation sites (tertiary alicyclic amines) is 1. The Kier molecular flexibility index (Phi) is 4.91. The van der Waals surface area contributed by atoms with E-state index >= 15 is 0 Å². The highest BCUT2D eigenvalue weighted by molar-refractivity contribution is 5.22. The molecule has 116 valence electrons. The molecule has 3 heteroatoms. The molecule has 2 aliphatic rings. The molecule has 0 aromatic heterocycles. The van der Waals surface area contributed by atoms with Crippen LogP contribution in [-0.2, 0) is 0 Å². The Morgan fingerprint density at radius 3 is 2.48 bits per heavy atom. The zero-order valence-electron chi connectivity index (χ0n) is 12.8. The highest BCUT2D eigenvalue weighted by Crippen LogP contribution is 2.30. The van der Waals surface area contributed by atoms with Crippen molar-refractivity contribution >= 4 is 0 Å². The highest BCUT2D eigenvalue weighted by Gasteiger charge is 2.28. The van der Waals surface area contributed by atoms with Gasteiger partial charge in [-0.15, -0.1) is 0 Å². The van der Waals surface area contributed by atoms with E-state index in [2.05, 4.69) is 4.90 Å². The standard InChI is InChI=1S/C18H27FN2/c19-17-8-6-15(7-9-17)16-10-18(20)13-21(12-16)11-14-4-2-1-3-5-14/h6-9,14,16,18H,1-5,10-13,20H2. The number of piperidine rings is 1. The molecule has 2 N–H and O–H groups in total. The van der Waals surface area contributed by atoms with Gasteiger partial charge in [-0.1, -0.05) is 31.4 Å². The Morgan fingerprint density at radius 2 is 1.76 bits per heavy atom. The lowest BCUT2D eigenvalue weighted by molar-refractivity contribution is 0.147. The average molecular weight is 290 g/mol. The van der Waals surface area contributed by atoms with Crippen LogP contribution in [0.2, 0.25) is 0 Å². The van der Waals surface area contributed by atoms with Crippen LogP contribution in [0.4, 0.5) is 4.39 Å². The van der Waals surface area contributed by atoms with E-state index in [9.17, 15) is 4.39 Å². The molecule has 21 heavy (non-hydrogen) atoms. The summed E-state index contributed by atoms with van der Waals surface area (Å²) < 4.78 is 13.1. The van der Waals surface area contributed by atoms with Gasteiger partial charge < -0.3 is 10.6 Å². The van der Waals surface area contributed by atoms with Crippen molar-refractivity contribution in [1.82, 2.24) is 4.90 Å². The lowest BCUT2D eigenvalue weighted by Crippen LogP contribution is -2.47.